The van der Waals surface area contributed by atoms with E-state index < -0.39 is 0 Å². The molecule has 1 aromatic rings. The number of rotatable bonds is 1. The van der Waals surface area contributed by atoms with Gasteiger partial charge in [-0.1, -0.05) is 24.3 Å². The highest BCUT2D eigenvalue weighted by atomic mass is 16.1. The van der Waals surface area contributed by atoms with Crippen LogP contribution in [-0.4, -0.2) is 29.9 Å². The van der Waals surface area contributed by atoms with Crippen LogP contribution in [0.4, 0.5) is 0 Å². The van der Waals surface area contributed by atoms with Crippen molar-refractivity contribution in [3.05, 3.63) is 35.4 Å². The lowest BCUT2D eigenvalue weighted by Gasteiger charge is -2.46. The SMILES string of the molecule is CC(C)N1CCC2(CC1)NC(=O)Cc1ccccc12. The van der Waals surface area contributed by atoms with Crippen molar-refractivity contribution >= 4 is 5.91 Å². The Morgan fingerprint density at radius 2 is 1.89 bits per heavy atom. The van der Waals surface area contributed by atoms with Gasteiger partial charge >= 0.3 is 0 Å². The average Bonchev–Trinajstić information content (AvgIpc) is 2.39. The topological polar surface area (TPSA) is 32.3 Å². The molecule has 3 nitrogen and oxygen atoms in total. The summed E-state index contributed by atoms with van der Waals surface area (Å²) in [5.41, 5.74) is 2.44. The smallest absolute Gasteiger partial charge is 0.225 e. The number of nitrogens with zero attached hydrogens (tertiary/aromatic N) is 1. The third-order valence-corrected chi connectivity index (χ3v) is 4.64. The number of amides is 1. The summed E-state index contributed by atoms with van der Waals surface area (Å²) >= 11 is 0. The Morgan fingerprint density at radius 1 is 1.21 bits per heavy atom. The molecule has 2 aliphatic heterocycles. The zero-order chi connectivity index (χ0) is 13.5. The normalized spacial score (nSPS) is 22.4. The molecule has 1 saturated heterocycles. The van der Waals surface area contributed by atoms with E-state index in [2.05, 4.69) is 42.3 Å². The fourth-order valence-electron chi connectivity index (χ4n) is 3.51. The molecule has 1 amide bonds. The Bertz CT molecular complexity index is 487. The lowest BCUT2D eigenvalue weighted by atomic mass is 9.75. The Hall–Kier alpha value is -1.35. The van der Waals surface area contributed by atoms with Crippen molar-refractivity contribution in [3.63, 3.8) is 0 Å². The van der Waals surface area contributed by atoms with Crippen LogP contribution in [0.5, 0.6) is 0 Å². The molecule has 1 spiro atoms. The number of nitrogens with one attached hydrogen (secondary N) is 1. The average molecular weight is 258 g/mol. The number of benzene rings is 1. The van der Waals surface area contributed by atoms with Crippen molar-refractivity contribution in [2.24, 2.45) is 0 Å². The van der Waals surface area contributed by atoms with E-state index in [0.29, 0.717) is 12.5 Å². The van der Waals surface area contributed by atoms with Gasteiger partial charge in [0, 0.05) is 19.1 Å². The Labute approximate surface area is 115 Å². The first-order chi connectivity index (χ1) is 9.11. The third kappa shape index (κ3) is 2.16. The summed E-state index contributed by atoms with van der Waals surface area (Å²) in [6, 6.07) is 9.01. The van der Waals surface area contributed by atoms with Gasteiger partial charge in [-0.15, -0.1) is 0 Å². The lowest BCUT2D eigenvalue weighted by molar-refractivity contribution is -0.124. The molecule has 3 rings (SSSR count). The maximum Gasteiger partial charge on any atom is 0.225 e. The molecule has 1 N–H and O–H groups in total. The van der Waals surface area contributed by atoms with E-state index in [-0.39, 0.29) is 11.4 Å². The number of piperidine rings is 1. The number of carbonyl (C=O) groups is 1. The fraction of sp³-hybridized carbons (Fsp3) is 0.562. The molecule has 0 aromatic heterocycles. The molecule has 0 atom stereocenters. The van der Waals surface area contributed by atoms with Gasteiger partial charge in [0.15, 0.2) is 0 Å². The van der Waals surface area contributed by atoms with Crippen molar-refractivity contribution in [1.82, 2.24) is 10.2 Å². The zero-order valence-corrected chi connectivity index (χ0v) is 11.8. The number of likely N-dealkylation sites (tertiary alicyclic amines) is 1. The highest BCUT2D eigenvalue weighted by Gasteiger charge is 2.41. The van der Waals surface area contributed by atoms with Gasteiger partial charge in [0.25, 0.3) is 0 Å². The van der Waals surface area contributed by atoms with Crippen LogP contribution in [0.2, 0.25) is 0 Å². The summed E-state index contributed by atoms with van der Waals surface area (Å²) in [4.78, 5) is 14.5. The summed E-state index contributed by atoms with van der Waals surface area (Å²) in [6.45, 7) is 6.61. The van der Waals surface area contributed by atoms with Crippen molar-refractivity contribution in [1.29, 1.82) is 0 Å². The van der Waals surface area contributed by atoms with E-state index >= 15 is 0 Å². The predicted molar refractivity (Wildman–Crippen MR) is 75.9 cm³/mol. The molecule has 0 unspecified atom stereocenters. The first kappa shape index (κ1) is 12.7. The van der Waals surface area contributed by atoms with Crippen molar-refractivity contribution in [2.45, 2.75) is 44.7 Å². The fourth-order valence-corrected chi connectivity index (χ4v) is 3.51. The minimum absolute atomic E-state index is 0.114. The Kier molecular flexibility index (Phi) is 3.09. The van der Waals surface area contributed by atoms with Gasteiger partial charge in [-0.2, -0.15) is 0 Å². The number of hydrogen-bond acceptors (Lipinski definition) is 2. The summed E-state index contributed by atoms with van der Waals surface area (Å²) in [6.07, 6.45) is 2.58. The number of fused-ring (bicyclic) bond motifs is 2. The highest BCUT2D eigenvalue weighted by molar-refractivity contribution is 5.82. The summed E-state index contributed by atoms with van der Waals surface area (Å²) in [5, 5.41) is 3.28. The van der Waals surface area contributed by atoms with Crippen LogP contribution in [-0.2, 0) is 16.8 Å². The molecule has 0 bridgehead atoms. The molecule has 2 heterocycles. The monoisotopic (exact) mass is 258 g/mol. The molecular weight excluding hydrogens is 236 g/mol. The van der Waals surface area contributed by atoms with Crippen LogP contribution in [0.3, 0.4) is 0 Å². The summed E-state index contributed by atoms with van der Waals surface area (Å²) < 4.78 is 0. The van der Waals surface area contributed by atoms with E-state index in [1.54, 1.807) is 0 Å². The van der Waals surface area contributed by atoms with E-state index in [9.17, 15) is 4.79 Å². The molecule has 2 aliphatic rings. The maximum atomic E-state index is 12.0. The van der Waals surface area contributed by atoms with Crippen molar-refractivity contribution in [3.8, 4) is 0 Å². The zero-order valence-electron chi connectivity index (χ0n) is 11.8. The first-order valence-corrected chi connectivity index (χ1v) is 7.24. The molecule has 1 aromatic carbocycles. The van der Waals surface area contributed by atoms with Crippen LogP contribution >= 0.6 is 0 Å². The molecule has 0 saturated carbocycles. The number of hydrogen-bond donors (Lipinski definition) is 1. The molecule has 1 fully saturated rings. The van der Waals surface area contributed by atoms with E-state index in [1.165, 1.54) is 11.1 Å². The van der Waals surface area contributed by atoms with Gasteiger partial charge in [-0.25, -0.2) is 0 Å². The lowest BCUT2D eigenvalue weighted by Crippen LogP contribution is -2.56. The van der Waals surface area contributed by atoms with Crippen LogP contribution in [0.1, 0.15) is 37.8 Å². The van der Waals surface area contributed by atoms with Gasteiger partial charge in [0.05, 0.1) is 12.0 Å². The predicted octanol–water partition coefficient (Wildman–Crippen LogP) is 2.06. The quantitative estimate of drug-likeness (QED) is 0.836. The Morgan fingerprint density at radius 3 is 2.58 bits per heavy atom. The number of carbonyl (C=O) groups excluding carboxylic acids is 1. The van der Waals surface area contributed by atoms with Crippen molar-refractivity contribution < 1.29 is 4.79 Å². The third-order valence-electron chi connectivity index (χ3n) is 4.64. The Balaban J connectivity index is 1.91. The first-order valence-electron chi connectivity index (χ1n) is 7.24. The van der Waals surface area contributed by atoms with Gasteiger partial charge < -0.3 is 10.2 Å². The minimum Gasteiger partial charge on any atom is -0.346 e. The maximum absolute atomic E-state index is 12.0. The minimum atomic E-state index is -0.114. The molecule has 3 heteroatoms. The van der Waals surface area contributed by atoms with Gasteiger partial charge in [-0.3, -0.25) is 4.79 Å². The molecule has 0 aliphatic carbocycles. The van der Waals surface area contributed by atoms with Crippen LogP contribution in [0.15, 0.2) is 24.3 Å². The standard InChI is InChI=1S/C16H22N2O/c1-12(2)18-9-7-16(8-10-18)14-6-4-3-5-13(14)11-15(19)17-16/h3-6,12H,7-11H2,1-2H3,(H,17,19). The second-order valence-electron chi connectivity index (χ2n) is 6.09. The molecule has 19 heavy (non-hydrogen) atoms. The van der Waals surface area contributed by atoms with Crippen LogP contribution < -0.4 is 5.32 Å². The summed E-state index contributed by atoms with van der Waals surface area (Å²) in [7, 11) is 0. The molecule has 102 valence electrons. The van der Waals surface area contributed by atoms with E-state index in [0.717, 1.165) is 25.9 Å². The van der Waals surface area contributed by atoms with Crippen LogP contribution in [0.25, 0.3) is 0 Å². The second kappa shape index (κ2) is 4.64. The van der Waals surface area contributed by atoms with Gasteiger partial charge in [-0.05, 0) is 37.8 Å². The summed E-state index contributed by atoms with van der Waals surface area (Å²) in [5.74, 6) is 0.177. The van der Waals surface area contributed by atoms with Gasteiger partial charge in [0.2, 0.25) is 5.91 Å². The van der Waals surface area contributed by atoms with Gasteiger partial charge in [0.1, 0.15) is 0 Å². The highest BCUT2D eigenvalue weighted by Crippen LogP contribution is 2.38. The van der Waals surface area contributed by atoms with E-state index in [4.69, 9.17) is 0 Å². The second-order valence-corrected chi connectivity index (χ2v) is 6.09. The molecular formula is C16H22N2O. The van der Waals surface area contributed by atoms with E-state index in [1.807, 2.05) is 6.07 Å². The van der Waals surface area contributed by atoms with Crippen LogP contribution in [0, 0.1) is 0 Å². The molecule has 0 radical (unpaired) electrons. The van der Waals surface area contributed by atoms with Crippen molar-refractivity contribution in [2.75, 3.05) is 13.1 Å². The largest absolute Gasteiger partial charge is 0.346 e.